The van der Waals surface area contributed by atoms with Crippen molar-refractivity contribution in [3.05, 3.63) is 0 Å². The number of nitrogens with two attached hydrogens (primary N) is 1. The lowest BCUT2D eigenvalue weighted by Crippen LogP contribution is -2.22. The molecule has 0 saturated heterocycles. The van der Waals surface area contributed by atoms with Gasteiger partial charge in [0.15, 0.2) is 0 Å². The van der Waals surface area contributed by atoms with Gasteiger partial charge >= 0.3 is 7.60 Å². The summed E-state index contributed by atoms with van der Waals surface area (Å²) in [5.41, 5.74) is 2.31. The summed E-state index contributed by atoms with van der Waals surface area (Å²) in [6, 6.07) is 0. The first-order valence-electron chi connectivity index (χ1n) is 15.0. The fraction of sp³-hybridized carbons (Fsp3) is 1.00. The molecule has 0 aliphatic heterocycles. The van der Waals surface area contributed by atoms with Crippen molar-refractivity contribution in [3.63, 3.8) is 0 Å². The maximum atomic E-state index is 11.8. The van der Waals surface area contributed by atoms with Crippen LogP contribution in [0.5, 0.6) is 0 Å². The largest absolute Gasteiger partial charge is 0.328 e. The Morgan fingerprint density at radius 3 is 1.15 bits per heavy atom. The van der Waals surface area contributed by atoms with E-state index in [0.717, 1.165) is 32.2 Å². The Labute approximate surface area is 213 Å². The second-order valence-electron chi connectivity index (χ2n) is 10.6. The third kappa shape index (κ3) is 25.2. The zero-order valence-electron chi connectivity index (χ0n) is 22.8. The summed E-state index contributed by atoms with van der Waals surface area (Å²) < 4.78 is 11.8. The van der Waals surface area contributed by atoms with Gasteiger partial charge in [-0.15, -0.1) is 0 Å². The molecule has 0 heterocycles. The first kappa shape index (κ1) is 34.1. The second kappa shape index (κ2) is 26.1. The van der Waals surface area contributed by atoms with Crippen LogP contribution in [0.3, 0.4) is 0 Å². The van der Waals surface area contributed by atoms with Crippen LogP contribution in [0, 0.1) is 0 Å². The Hall–Kier alpha value is 0.0700. The molecule has 0 aromatic rings. The number of rotatable bonds is 28. The summed E-state index contributed by atoms with van der Waals surface area (Å²) in [5.74, 6) is 5.27. The van der Waals surface area contributed by atoms with Crippen molar-refractivity contribution in [3.8, 4) is 0 Å². The standard InChI is InChI=1S/C28H61N2O3P/c1-2-3-4-5-19-22-25-28(34(31,32)33)26-23-20-17-15-13-11-9-7-6-8-10-12-14-16-18-21-24-27-30-29/h28,30H,2-27,29H2,1H3,(H2,31,32,33). The summed E-state index contributed by atoms with van der Waals surface area (Å²) >= 11 is 0. The molecule has 206 valence electrons. The molecule has 1 unspecified atom stereocenters. The van der Waals surface area contributed by atoms with Gasteiger partial charge in [-0.05, 0) is 19.3 Å². The van der Waals surface area contributed by atoms with E-state index < -0.39 is 13.3 Å². The molecular formula is C28H61N2O3P. The summed E-state index contributed by atoms with van der Waals surface area (Å²) in [4.78, 5) is 19.4. The highest BCUT2D eigenvalue weighted by Crippen LogP contribution is 2.46. The average Bonchev–Trinajstić information content (AvgIpc) is 2.80. The van der Waals surface area contributed by atoms with E-state index in [4.69, 9.17) is 5.84 Å². The van der Waals surface area contributed by atoms with Gasteiger partial charge in [0.1, 0.15) is 0 Å². The topological polar surface area (TPSA) is 95.6 Å². The quantitative estimate of drug-likeness (QED) is 0.0369. The number of hydrogen-bond donors (Lipinski definition) is 4. The molecule has 0 radical (unpaired) electrons. The van der Waals surface area contributed by atoms with Crippen LogP contribution in [0.15, 0.2) is 0 Å². The molecule has 34 heavy (non-hydrogen) atoms. The van der Waals surface area contributed by atoms with Crippen molar-refractivity contribution in [2.75, 3.05) is 6.54 Å². The van der Waals surface area contributed by atoms with Crippen LogP contribution in [0.1, 0.15) is 167 Å². The van der Waals surface area contributed by atoms with Crippen molar-refractivity contribution in [2.45, 2.75) is 173 Å². The van der Waals surface area contributed by atoms with E-state index in [-0.39, 0.29) is 0 Å². The van der Waals surface area contributed by atoms with Gasteiger partial charge in [0.05, 0.1) is 5.66 Å². The highest BCUT2D eigenvalue weighted by atomic mass is 31.2. The van der Waals surface area contributed by atoms with E-state index in [1.54, 1.807) is 0 Å². The summed E-state index contributed by atoms with van der Waals surface area (Å²) in [5, 5.41) is 0. The maximum absolute atomic E-state index is 11.8. The van der Waals surface area contributed by atoms with E-state index in [1.807, 2.05) is 0 Å². The number of hydrazine groups is 1. The fourth-order valence-corrected chi connectivity index (χ4v) is 5.94. The van der Waals surface area contributed by atoms with Crippen molar-refractivity contribution < 1.29 is 14.4 Å². The van der Waals surface area contributed by atoms with E-state index in [1.165, 1.54) is 122 Å². The van der Waals surface area contributed by atoms with Crippen molar-refractivity contribution in [1.82, 2.24) is 5.43 Å². The lowest BCUT2D eigenvalue weighted by atomic mass is 10.0. The van der Waals surface area contributed by atoms with E-state index in [0.29, 0.717) is 12.8 Å². The molecule has 0 aliphatic rings. The molecule has 0 saturated carbocycles. The molecule has 0 rings (SSSR count). The van der Waals surface area contributed by atoms with E-state index >= 15 is 0 Å². The molecule has 0 aliphatic carbocycles. The molecule has 0 amide bonds. The van der Waals surface area contributed by atoms with Crippen LogP contribution in [0.2, 0.25) is 0 Å². The van der Waals surface area contributed by atoms with Crippen molar-refractivity contribution >= 4 is 7.60 Å². The van der Waals surface area contributed by atoms with Gasteiger partial charge in [0.2, 0.25) is 0 Å². The van der Waals surface area contributed by atoms with Crippen LogP contribution in [0.4, 0.5) is 0 Å². The Bertz CT molecular complexity index is 445. The van der Waals surface area contributed by atoms with Crippen LogP contribution in [-0.2, 0) is 4.57 Å². The Morgan fingerprint density at radius 1 is 0.559 bits per heavy atom. The zero-order chi connectivity index (χ0) is 25.2. The molecule has 6 heteroatoms. The normalized spacial score (nSPS) is 12.9. The van der Waals surface area contributed by atoms with Gasteiger partial charge in [0.25, 0.3) is 0 Å². The highest BCUT2D eigenvalue weighted by molar-refractivity contribution is 7.52. The van der Waals surface area contributed by atoms with Gasteiger partial charge in [-0.25, -0.2) is 0 Å². The molecule has 0 aromatic carbocycles. The molecule has 0 fully saturated rings. The van der Waals surface area contributed by atoms with Crippen LogP contribution in [0.25, 0.3) is 0 Å². The van der Waals surface area contributed by atoms with Crippen LogP contribution >= 0.6 is 7.60 Å². The smallest absolute Gasteiger partial charge is 0.324 e. The van der Waals surface area contributed by atoms with Crippen LogP contribution in [-0.4, -0.2) is 22.0 Å². The monoisotopic (exact) mass is 504 g/mol. The fourth-order valence-electron chi connectivity index (χ4n) is 4.90. The van der Waals surface area contributed by atoms with Crippen molar-refractivity contribution in [1.29, 1.82) is 0 Å². The Kier molecular flexibility index (Phi) is 26.2. The first-order valence-corrected chi connectivity index (χ1v) is 16.7. The Balaban J connectivity index is 3.41. The maximum Gasteiger partial charge on any atom is 0.328 e. The molecule has 5 N–H and O–H groups in total. The highest BCUT2D eigenvalue weighted by Gasteiger charge is 2.27. The SMILES string of the molecule is CCCCCCCCC(CCCCCCCCCCCCCCCCCCCNN)P(=O)(O)O. The molecule has 0 aromatic heterocycles. The Morgan fingerprint density at radius 2 is 0.853 bits per heavy atom. The summed E-state index contributed by atoms with van der Waals surface area (Å²) in [6.45, 7) is 3.15. The summed E-state index contributed by atoms with van der Waals surface area (Å²) in [6.07, 6.45) is 30.7. The van der Waals surface area contributed by atoms with E-state index in [2.05, 4.69) is 12.3 Å². The van der Waals surface area contributed by atoms with Gasteiger partial charge in [-0.2, -0.15) is 0 Å². The average molecular weight is 505 g/mol. The van der Waals surface area contributed by atoms with Gasteiger partial charge in [-0.3, -0.25) is 15.8 Å². The predicted octanol–water partition coefficient (Wildman–Crippen LogP) is 8.77. The minimum absolute atomic E-state index is 0.405. The second-order valence-corrected chi connectivity index (χ2v) is 12.5. The molecule has 1 atom stereocenters. The number of nitrogens with one attached hydrogen (secondary N) is 1. The number of unbranched alkanes of at least 4 members (excludes halogenated alkanes) is 21. The number of hydrogen-bond acceptors (Lipinski definition) is 3. The minimum Gasteiger partial charge on any atom is -0.324 e. The molecular weight excluding hydrogens is 443 g/mol. The minimum atomic E-state index is -3.94. The van der Waals surface area contributed by atoms with Crippen molar-refractivity contribution in [2.24, 2.45) is 5.84 Å². The third-order valence-corrected chi connectivity index (χ3v) is 8.69. The van der Waals surface area contributed by atoms with Gasteiger partial charge in [-0.1, -0.05) is 148 Å². The molecule has 5 nitrogen and oxygen atoms in total. The van der Waals surface area contributed by atoms with Crippen LogP contribution < -0.4 is 11.3 Å². The summed E-state index contributed by atoms with van der Waals surface area (Å²) in [7, 11) is -3.94. The predicted molar refractivity (Wildman–Crippen MR) is 149 cm³/mol. The lowest BCUT2D eigenvalue weighted by molar-refractivity contribution is 0.345. The lowest BCUT2D eigenvalue weighted by Gasteiger charge is -2.18. The van der Waals surface area contributed by atoms with Gasteiger partial charge < -0.3 is 9.79 Å². The molecule has 0 bridgehead atoms. The third-order valence-electron chi connectivity index (χ3n) is 7.23. The van der Waals surface area contributed by atoms with E-state index in [9.17, 15) is 14.4 Å². The van der Waals surface area contributed by atoms with Gasteiger partial charge in [0, 0.05) is 6.54 Å². The first-order chi connectivity index (χ1) is 16.5. The molecule has 0 spiro atoms. The zero-order valence-corrected chi connectivity index (χ0v) is 23.7.